The van der Waals surface area contributed by atoms with Gasteiger partial charge in [0, 0.05) is 5.82 Å². The molecule has 2 nitrogen and oxygen atoms in total. The van der Waals surface area contributed by atoms with Gasteiger partial charge in [-0.05, 0) is 59.4 Å². The van der Waals surface area contributed by atoms with E-state index in [-0.39, 0.29) is 18.3 Å². The predicted octanol–water partition coefficient (Wildman–Crippen LogP) is 4.25. The molecule has 1 saturated carbocycles. The minimum absolute atomic E-state index is 0.0502. The number of hydrogen-bond acceptors (Lipinski definition) is 2. The molecular weight excluding hydrogens is 247 g/mol. The van der Waals surface area contributed by atoms with Gasteiger partial charge in [-0.25, -0.2) is 0 Å². The highest BCUT2D eigenvalue weighted by Gasteiger charge is 2.59. The highest BCUT2D eigenvalue weighted by atomic mass is 16.7. The molecular formula is C17H25BO2. The van der Waals surface area contributed by atoms with Gasteiger partial charge in [0.15, 0.2) is 0 Å². The van der Waals surface area contributed by atoms with Gasteiger partial charge in [0.05, 0.1) is 11.2 Å². The zero-order chi connectivity index (χ0) is 14.7. The number of rotatable bonds is 2. The van der Waals surface area contributed by atoms with Crippen LogP contribution in [0.3, 0.4) is 0 Å². The van der Waals surface area contributed by atoms with Gasteiger partial charge in [-0.3, -0.25) is 0 Å². The molecule has 0 amide bonds. The molecule has 3 heteroatoms. The van der Waals surface area contributed by atoms with Crippen LogP contribution in [0.25, 0.3) is 0 Å². The zero-order valence-electron chi connectivity index (χ0n) is 13.5. The van der Waals surface area contributed by atoms with E-state index in [2.05, 4.69) is 59.7 Å². The summed E-state index contributed by atoms with van der Waals surface area (Å²) in [4.78, 5) is 0. The molecule has 1 aromatic rings. The topological polar surface area (TPSA) is 18.5 Å². The Bertz CT molecular complexity index is 500. The fourth-order valence-electron chi connectivity index (χ4n) is 3.19. The molecule has 2 atom stereocenters. The fourth-order valence-corrected chi connectivity index (χ4v) is 3.19. The average Bonchev–Trinajstić information content (AvgIpc) is 3.01. The molecule has 0 N–H and O–H groups in total. The summed E-state index contributed by atoms with van der Waals surface area (Å²) in [6.07, 6.45) is 1.18. The van der Waals surface area contributed by atoms with Crippen LogP contribution in [0.1, 0.15) is 56.7 Å². The minimum Gasteiger partial charge on any atom is -0.403 e. The molecule has 0 bridgehead atoms. The SMILES string of the molecule is Cc1cc(C)cc(C2CC2B2OC(C)(C)C(C)(C)O2)c1. The summed E-state index contributed by atoms with van der Waals surface area (Å²) in [5, 5.41) is 0. The highest BCUT2D eigenvalue weighted by Crippen LogP contribution is 2.58. The van der Waals surface area contributed by atoms with Crippen molar-refractivity contribution in [3.8, 4) is 0 Å². The van der Waals surface area contributed by atoms with E-state index in [0.29, 0.717) is 11.7 Å². The van der Waals surface area contributed by atoms with Crippen molar-refractivity contribution in [2.75, 3.05) is 0 Å². The highest BCUT2D eigenvalue weighted by molar-refractivity contribution is 6.49. The Balaban J connectivity index is 1.74. The molecule has 108 valence electrons. The van der Waals surface area contributed by atoms with Gasteiger partial charge in [0.1, 0.15) is 0 Å². The van der Waals surface area contributed by atoms with E-state index in [1.807, 2.05) is 0 Å². The third-order valence-corrected chi connectivity index (χ3v) is 5.13. The first-order chi connectivity index (χ1) is 9.19. The Morgan fingerprint density at radius 1 is 0.950 bits per heavy atom. The second-order valence-corrected chi connectivity index (χ2v) is 7.55. The molecule has 1 heterocycles. The zero-order valence-corrected chi connectivity index (χ0v) is 13.5. The van der Waals surface area contributed by atoms with Crippen LogP contribution in [0, 0.1) is 13.8 Å². The summed E-state index contributed by atoms with van der Waals surface area (Å²) < 4.78 is 12.4. The van der Waals surface area contributed by atoms with Gasteiger partial charge in [-0.2, -0.15) is 0 Å². The molecule has 20 heavy (non-hydrogen) atoms. The maximum Gasteiger partial charge on any atom is 0.461 e. The summed E-state index contributed by atoms with van der Waals surface area (Å²) in [5.41, 5.74) is 3.71. The minimum atomic E-state index is -0.215. The largest absolute Gasteiger partial charge is 0.461 e. The van der Waals surface area contributed by atoms with Gasteiger partial charge >= 0.3 is 7.12 Å². The maximum absolute atomic E-state index is 6.18. The van der Waals surface area contributed by atoms with Gasteiger partial charge in [0.25, 0.3) is 0 Å². The summed E-state index contributed by atoms with van der Waals surface area (Å²) >= 11 is 0. The van der Waals surface area contributed by atoms with Crippen molar-refractivity contribution in [2.24, 2.45) is 0 Å². The van der Waals surface area contributed by atoms with Crippen LogP contribution in [-0.4, -0.2) is 18.3 Å². The van der Waals surface area contributed by atoms with E-state index >= 15 is 0 Å². The van der Waals surface area contributed by atoms with E-state index in [1.165, 1.54) is 23.1 Å². The average molecular weight is 272 g/mol. The van der Waals surface area contributed by atoms with Crippen molar-refractivity contribution in [1.29, 1.82) is 0 Å². The molecule has 2 aliphatic rings. The molecule has 2 unspecified atom stereocenters. The quantitative estimate of drug-likeness (QED) is 0.749. The molecule has 3 rings (SSSR count). The molecule has 0 radical (unpaired) electrons. The Hall–Kier alpha value is -0.795. The van der Waals surface area contributed by atoms with Gasteiger partial charge < -0.3 is 9.31 Å². The van der Waals surface area contributed by atoms with Crippen molar-refractivity contribution >= 4 is 7.12 Å². The molecule has 0 aromatic heterocycles. The van der Waals surface area contributed by atoms with Crippen molar-refractivity contribution in [1.82, 2.24) is 0 Å². The summed E-state index contributed by atoms with van der Waals surface area (Å²) in [5.74, 6) is 1.11. The molecule has 1 saturated heterocycles. The second-order valence-electron chi connectivity index (χ2n) is 7.55. The lowest BCUT2D eigenvalue weighted by Gasteiger charge is -2.32. The number of hydrogen-bond donors (Lipinski definition) is 0. The summed E-state index contributed by atoms with van der Waals surface area (Å²) in [6.45, 7) is 12.8. The van der Waals surface area contributed by atoms with E-state index in [1.54, 1.807) is 0 Å². The summed E-state index contributed by atoms with van der Waals surface area (Å²) in [6, 6.07) is 6.85. The molecule has 1 aromatic carbocycles. The lowest BCUT2D eigenvalue weighted by molar-refractivity contribution is 0.00578. The summed E-state index contributed by atoms with van der Waals surface area (Å²) in [7, 11) is -0.0502. The van der Waals surface area contributed by atoms with Gasteiger partial charge in [-0.1, -0.05) is 29.3 Å². The first-order valence-corrected chi connectivity index (χ1v) is 7.63. The third kappa shape index (κ3) is 2.31. The molecule has 1 aliphatic heterocycles. The maximum atomic E-state index is 6.18. The normalized spacial score (nSPS) is 30.6. The second kappa shape index (κ2) is 4.35. The van der Waals surface area contributed by atoms with Crippen molar-refractivity contribution in [2.45, 2.75) is 70.9 Å². The predicted molar refractivity (Wildman–Crippen MR) is 83.1 cm³/mol. The number of benzene rings is 1. The van der Waals surface area contributed by atoms with E-state index in [0.717, 1.165) is 0 Å². The van der Waals surface area contributed by atoms with Crippen molar-refractivity contribution in [3.63, 3.8) is 0 Å². The van der Waals surface area contributed by atoms with Crippen LogP contribution in [0.15, 0.2) is 18.2 Å². The Labute approximate surface area is 123 Å². The van der Waals surface area contributed by atoms with Gasteiger partial charge in [-0.15, -0.1) is 0 Å². The van der Waals surface area contributed by atoms with E-state index in [9.17, 15) is 0 Å². The molecule has 0 spiro atoms. The fraction of sp³-hybridized carbons (Fsp3) is 0.647. The Morgan fingerprint density at radius 2 is 1.45 bits per heavy atom. The van der Waals surface area contributed by atoms with Crippen molar-refractivity contribution < 1.29 is 9.31 Å². The smallest absolute Gasteiger partial charge is 0.403 e. The first kappa shape index (κ1) is 14.2. The van der Waals surface area contributed by atoms with Crippen LogP contribution in [0.5, 0.6) is 0 Å². The first-order valence-electron chi connectivity index (χ1n) is 7.63. The van der Waals surface area contributed by atoms with E-state index in [4.69, 9.17) is 9.31 Å². The Kier molecular flexibility index (Phi) is 3.08. The van der Waals surface area contributed by atoms with Crippen molar-refractivity contribution in [3.05, 3.63) is 34.9 Å². The van der Waals surface area contributed by atoms with E-state index < -0.39 is 0 Å². The number of aryl methyl sites for hydroxylation is 2. The molecule has 2 fully saturated rings. The monoisotopic (exact) mass is 272 g/mol. The van der Waals surface area contributed by atoms with Crippen LogP contribution < -0.4 is 0 Å². The van der Waals surface area contributed by atoms with Crippen LogP contribution in [-0.2, 0) is 9.31 Å². The lowest BCUT2D eigenvalue weighted by atomic mass is 9.79. The molecule has 1 aliphatic carbocycles. The third-order valence-electron chi connectivity index (χ3n) is 5.13. The van der Waals surface area contributed by atoms with Crippen LogP contribution in [0.2, 0.25) is 5.82 Å². The lowest BCUT2D eigenvalue weighted by Crippen LogP contribution is -2.41. The Morgan fingerprint density at radius 3 is 1.95 bits per heavy atom. The van der Waals surface area contributed by atoms with Gasteiger partial charge in [0.2, 0.25) is 0 Å². The van der Waals surface area contributed by atoms with Crippen LogP contribution >= 0.6 is 0 Å². The standard InChI is InChI=1S/C17H25BO2/c1-11-7-12(2)9-13(8-11)14-10-15(14)18-19-16(3,4)17(5,6)20-18/h7-9,14-15H,10H2,1-6H3. The van der Waals surface area contributed by atoms with Crippen LogP contribution in [0.4, 0.5) is 0 Å².